The molecule has 0 atom stereocenters. The Balaban J connectivity index is 2.15. The van der Waals surface area contributed by atoms with Crippen molar-refractivity contribution in [1.29, 1.82) is 0 Å². The van der Waals surface area contributed by atoms with Crippen molar-refractivity contribution < 1.29 is 23.4 Å². The van der Waals surface area contributed by atoms with E-state index in [1.807, 2.05) is 0 Å². The van der Waals surface area contributed by atoms with Gasteiger partial charge in [0.05, 0.1) is 6.20 Å². The van der Waals surface area contributed by atoms with E-state index in [9.17, 15) is 13.2 Å². The van der Waals surface area contributed by atoms with E-state index in [0.29, 0.717) is 0 Å². The second-order valence-corrected chi connectivity index (χ2v) is 6.10. The molecule has 1 aliphatic rings. The lowest BCUT2D eigenvalue weighted by Crippen LogP contribution is -2.32. The van der Waals surface area contributed by atoms with Crippen molar-refractivity contribution in [2.75, 3.05) is 13.2 Å². The number of sulfonamides is 1. The third-order valence-electron chi connectivity index (χ3n) is 3.03. The van der Waals surface area contributed by atoms with Crippen LogP contribution in [0.3, 0.4) is 0 Å². The van der Waals surface area contributed by atoms with Crippen LogP contribution < -0.4 is 4.72 Å². The lowest BCUT2D eigenvalue weighted by Gasteiger charge is -2.12. The molecule has 1 aromatic heterocycles. The van der Waals surface area contributed by atoms with E-state index >= 15 is 0 Å². The van der Waals surface area contributed by atoms with Crippen LogP contribution in [-0.4, -0.2) is 47.9 Å². The Hall–Kier alpha value is -1.45. The van der Waals surface area contributed by atoms with Gasteiger partial charge in [0, 0.05) is 18.6 Å². The highest BCUT2D eigenvalue weighted by molar-refractivity contribution is 7.89. The normalized spacial score (nSPS) is 17.6. The van der Waals surface area contributed by atoms with E-state index in [-0.39, 0.29) is 13.2 Å². The van der Waals surface area contributed by atoms with Crippen LogP contribution in [0.25, 0.3) is 0 Å². The monoisotopic (exact) mass is 275 g/mol. The SMILES string of the molecule is O=C(O)c1cn[nH]c1S(=O)(=O)NCC1(CO)CC1. The second kappa shape index (κ2) is 4.34. The van der Waals surface area contributed by atoms with Gasteiger partial charge in [-0.3, -0.25) is 5.10 Å². The molecule has 1 aliphatic carbocycles. The first-order valence-corrected chi connectivity index (χ1v) is 6.76. The molecule has 0 saturated heterocycles. The van der Waals surface area contributed by atoms with Crippen molar-refractivity contribution in [2.45, 2.75) is 17.9 Å². The third kappa shape index (κ3) is 2.37. The van der Waals surface area contributed by atoms with Gasteiger partial charge in [-0.05, 0) is 12.8 Å². The maximum Gasteiger partial charge on any atom is 0.340 e. The van der Waals surface area contributed by atoms with Crippen LogP contribution in [0, 0.1) is 5.41 Å². The minimum atomic E-state index is -3.96. The lowest BCUT2D eigenvalue weighted by atomic mass is 10.1. The molecule has 0 unspecified atom stereocenters. The Morgan fingerprint density at radius 2 is 2.22 bits per heavy atom. The van der Waals surface area contributed by atoms with E-state index in [0.717, 1.165) is 19.0 Å². The zero-order valence-electron chi connectivity index (χ0n) is 9.38. The van der Waals surface area contributed by atoms with Gasteiger partial charge in [0.15, 0.2) is 5.03 Å². The predicted molar refractivity (Wildman–Crippen MR) is 59.5 cm³/mol. The first-order valence-electron chi connectivity index (χ1n) is 5.27. The predicted octanol–water partition coefficient (Wildman–Crippen LogP) is -0.841. The van der Waals surface area contributed by atoms with Gasteiger partial charge >= 0.3 is 5.97 Å². The molecule has 0 amide bonds. The fraction of sp³-hybridized carbons (Fsp3) is 0.556. The standard InChI is InChI=1S/C9H13N3O5S/c13-5-9(1-2-9)4-11-18(16,17)7-6(8(14)15)3-10-12-7/h3,11,13H,1-2,4-5H2,(H,10,12)(H,14,15). The maximum atomic E-state index is 11.9. The van der Waals surface area contributed by atoms with Crippen molar-refractivity contribution in [2.24, 2.45) is 5.41 Å². The highest BCUT2D eigenvalue weighted by Crippen LogP contribution is 2.44. The molecule has 100 valence electrons. The number of carboxylic acid groups (broad SMARTS) is 1. The molecule has 1 saturated carbocycles. The van der Waals surface area contributed by atoms with E-state index in [2.05, 4.69) is 14.9 Å². The van der Waals surface area contributed by atoms with E-state index in [1.54, 1.807) is 0 Å². The number of hydrogen-bond acceptors (Lipinski definition) is 5. The van der Waals surface area contributed by atoms with Gasteiger partial charge in [-0.2, -0.15) is 5.10 Å². The van der Waals surface area contributed by atoms with Gasteiger partial charge in [-0.25, -0.2) is 17.9 Å². The summed E-state index contributed by atoms with van der Waals surface area (Å²) in [4.78, 5) is 10.8. The zero-order chi connectivity index (χ0) is 13.4. The zero-order valence-corrected chi connectivity index (χ0v) is 10.2. The maximum absolute atomic E-state index is 11.9. The van der Waals surface area contributed by atoms with Gasteiger partial charge in [0.25, 0.3) is 10.0 Å². The van der Waals surface area contributed by atoms with E-state index < -0.39 is 32.0 Å². The number of aliphatic hydroxyl groups is 1. The fourth-order valence-corrected chi connectivity index (χ4v) is 2.76. The number of hydrogen-bond donors (Lipinski definition) is 4. The van der Waals surface area contributed by atoms with Crippen LogP contribution in [0.15, 0.2) is 11.2 Å². The van der Waals surface area contributed by atoms with Gasteiger partial charge in [-0.15, -0.1) is 0 Å². The number of aliphatic hydroxyl groups excluding tert-OH is 1. The molecule has 0 spiro atoms. The van der Waals surface area contributed by atoms with Crippen molar-refractivity contribution in [3.05, 3.63) is 11.8 Å². The molecule has 1 aromatic rings. The summed E-state index contributed by atoms with van der Waals surface area (Å²) in [5.74, 6) is -1.37. The van der Waals surface area contributed by atoms with Gasteiger partial charge in [-0.1, -0.05) is 0 Å². The van der Waals surface area contributed by atoms with Crippen molar-refractivity contribution in [3.8, 4) is 0 Å². The summed E-state index contributed by atoms with van der Waals surface area (Å²) >= 11 is 0. The Kier molecular flexibility index (Phi) is 3.13. The van der Waals surface area contributed by atoms with Crippen LogP contribution in [0.5, 0.6) is 0 Å². The summed E-state index contributed by atoms with van der Waals surface area (Å²) in [6.45, 7) is -0.00576. The van der Waals surface area contributed by atoms with Crippen molar-refractivity contribution >= 4 is 16.0 Å². The summed E-state index contributed by atoms with van der Waals surface area (Å²) in [7, 11) is -3.96. The molecular formula is C9H13N3O5S. The highest BCUT2D eigenvalue weighted by Gasteiger charge is 2.43. The average molecular weight is 275 g/mol. The molecule has 18 heavy (non-hydrogen) atoms. The Morgan fingerprint density at radius 1 is 1.56 bits per heavy atom. The molecule has 8 nitrogen and oxygen atoms in total. The number of rotatable bonds is 6. The molecule has 0 bridgehead atoms. The molecule has 0 aliphatic heterocycles. The number of carbonyl (C=O) groups is 1. The quantitative estimate of drug-likeness (QED) is 0.535. The second-order valence-electron chi connectivity index (χ2n) is 4.40. The number of carboxylic acids is 1. The topological polar surface area (TPSA) is 132 Å². The minimum absolute atomic E-state index is 0.0872. The van der Waals surface area contributed by atoms with Gasteiger partial charge in [0.2, 0.25) is 0 Å². The van der Waals surface area contributed by atoms with Crippen molar-refractivity contribution in [1.82, 2.24) is 14.9 Å². The Labute approximate surface area is 103 Å². The van der Waals surface area contributed by atoms with Crippen LogP contribution in [0.4, 0.5) is 0 Å². The van der Waals surface area contributed by atoms with Crippen LogP contribution in [-0.2, 0) is 10.0 Å². The number of nitrogens with zero attached hydrogens (tertiary/aromatic N) is 1. The summed E-state index contributed by atoms with van der Waals surface area (Å²) in [5, 5.41) is 23.0. The molecule has 1 heterocycles. The highest BCUT2D eigenvalue weighted by atomic mass is 32.2. The van der Waals surface area contributed by atoms with Gasteiger partial charge in [0.1, 0.15) is 5.56 Å². The average Bonchev–Trinajstić information content (AvgIpc) is 2.91. The largest absolute Gasteiger partial charge is 0.478 e. The van der Waals surface area contributed by atoms with Crippen LogP contribution >= 0.6 is 0 Å². The van der Waals surface area contributed by atoms with E-state index in [4.69, 9.17) is 10.2 Å². The number of aromatic carboxylic acids is 1. The lowest BCUT2D eigenvalue weighted by molar-refractivity contribution is 0.0692. The molecule has 2 rings (SSSR count). The Bertz CT molecular complexity index is 561. The smallest absolute Gasteiger partial charge is 0.340 e. The third-order valence-corrected chi connectivity index (χ3v) is 4.41. The van der Waals surface area contributed by atoms with Crippen LogP contribution in [0.1, 0.15) is 23.2 Å². The van der Waals surface area contributed by atoms with Crippen LogP contribution in [0.2, 0.25) is 0 Å². The number of nitrogens with one attached hydrogen (secondary N) is 2. The molecule has 1 fully saturated rings. The number of H-pyrrole nitrogens is 1. The Morgan fingerprint density at radius 3 is 2.72 bits per heavy atom. The molecule has 0 aromatic carbocycles. The number of aromatic amines is 1. The summed E-state index contributed by atoms with van der Waals surface area (Å²) < 4.78 is 26.1. The van der Waals surface area contributed by atoms with Gasteiger partial charge < -0.3 is 10.2 Å². The fourth-order valence-electron chi connectivity index (χ4n) is 1.52. The first-order chi connectivity index (χ1) is 8.40. The van der Waals surface area contributed by atoms with E-state index in [1.165, 1.54) is 0 Å². The first kappa shape index (κ1) is 13.0. The molecule has 4 N–H and O–H groups in total. The van der Waals surface area contributed by atoms with Crippen molar-refractivity contribution in [3.63, 3.8) is 0 Å². The molecular weight excluding hydrogens is 262 g/mol. The minimum Gasteiger partial charge on any atom is -0.478 e. The summed E-state index contributed by atoms with van der Waals surface area (Å²) in [6.07, 6.45) is 2.44. The number of aromatic nitrogens is 2. The molecule has 0 radical (unpaired) electrons. The summed E-state index contributed by atoms with van der Waals surface area (Å²) in [5.41, 5.74) is -0.799. The summed E-state index contributed by atoms with van der Waals surface area (Å²) in [6, 6.07) is 0. The molecule has 9 heteroatoms.